The minimum absolute atomic E-state index is 0.238. The van der Waals surface area contributed by atoms with Gasteiger partial charge in [-0.05, 0) is 81.9 Å². The molecule has 1 saturated carbocycles. The molecule has 132 valence electrons. The van der Waals surface area contributed by atoms with Crippen LogP contribution in [0.5, 0.6) is 0 Å². The molecule has 0 aromatic carbocycles. The normalized spacial score (nSPS) is 23.4. The van der Waals surface area contributed by atoms with Crippen molar-refractivity contribution in [1.82, 2.24) is 0 Å². The highest BCUT2D eigenvalue weighted by Gasteiger charge is 2.33. The standard InChI is InChI=1S/C20H28O3S/c1-12-17(10-20(3,4)23-11-18(21)22)19(13(2)24-12)16-9-14-5-7-15(16)8-6-14/h9,14-15H,5-8,10-11H2,1-4H3,(H,21,22). The number of fused-ring (bicyclic) bond motifs is 2. The summed E-state index contributed by atoms with van der Waals surface area (Å²) in [5, 5.41) is 8.90. The second-order valence-electron chi connectivity index (χ2n) is 7.92. The topological polar surface area (TPSA) is 46.5 Å². The summed E-state index contributed by atoms with van der Waals surface area (Å²) in [6.07, 6.45) is 8.63. The molecule has 1 heterocycles. The van der Waals surface area contributed by atoms with Crippen LogP contribution in [0.2, 0.25) is 0 Å². The van der Waals surface area contributed by atoms with Gasteiger partial charge in [-0.1, -0.05) is 6.08 Å². The van der Waals surface area contributed by atoms with Crippen LogP contribution in [0.25, 0.3) is 5.57 Å². The number of aliphatic carboxylic acids is 1. The first kappa shape index (κ1) is 17.7. The van der Waals surface area contributed by atoms with Gasteiger partial charge in [-0.25, -0.2) is 4.79 Å². The molecule has 24 heavy (non-hydrogen) atoms. The molecule has 3 nitrogen and oxygen atoms in total. The lowest BCUT2D eigenvalue weighted by Gasteiger charge is -2.36. The van der Waals surface area contributed by atoms with Gasteiger partial charge in [-0.3, -0.25) is 0 Å². The fourth-order valence-corrected chi connectivity index (χ4v) is 5.43. The molecule has 0 spiro atoms. The van der Waals surface area contributed by atoms with Gasteiger partial charge in [-0.15, -0.1) is 11.3 Å². The van der Waals surface area contributed by atoms with Crippen LogP contribution in [0.3, 0.4) is 0 Å². The SMILES string of the molecule is Cc1sc(C)c(C2=CC3CCC2CC3)c1CC(C)(C)OCC(=O)O. The molecule has 2 bridgehead atoms. The third-order valence-electron chi connectivity index (χ3n) is 5.49. The first-order chi connectivity index (χ1) is 11.3. The summed E-state index contributed by atoms with van der Waals surface area (Å²) in [6.45, 7) is 8.16. The molecule has 1 fully saturated rings. The van der Waals surface area contributed by atoms with Crippen LogP contribution in [0.1, 0.15) is 60.4 Å². The Morgan fingerprint density at radius 1 is 1.25 bits per heavy atom. The number of carboxylic acids is 1. The second-order valence-corrected chi connectivity index (χ2v) is 9.35. The molecule has 0 unspecified atom stereocenters. The van der Waals surface area contributed by atoms with E-state index < -0.39 is 11.6 Å². The summed E-state index contributed by atoms with van der Waals surface area (Å²) >= 11 is 1.87. The van der Waals surface area contributed by atoms with E-state index in [0.29, 0.717) is 5.92 Å². The first-order valence-electron chi connectivity index (χ1n) is 8.93. The number of ether oxygens (including phenoxy) is 1. The molecule has 4 heteroatoms. The highest BCUT2D eigenvalue weighted by molar-refractivity contribution is 7.12. The van der Waals surface area contributed by atoms with E-state index in [-0.39, 0.29) is 6.61 Å². The van der Waals surface area contributed by atoms with E-state index in [4.69, 9.17) is 9.84 Å². The average Bonchev–Trinajstić information content (AvgIpc) is 2.80. The summed E-state index contributed by atoms with van der Waals surface area (Å²) in [7, 11) is 0. The molecule has 0 aliphatic heterocycles. The zero-order chi connectivity index (χ0) is 17.5. The fraction of sp³-hybridized carbons (Fsp3) is 0.650. The van der Waals surface area contributed by atoms with Gasteiger partial charge in [0.05, 0.1) is 5.60 Å². The van der Waals surface area contributed by atoms with Crippen LogP contribution in [0, 0.1) is 25.7 Å². The third-order valence-corrected chi connectivity index (χ3v) is 6.55. The number of carboxylic acid groups (broad SMARTS) is 1. The lowest BCUT2D eigenvalue weighted by atomic mass is 9.69. The Balaban J connectivity index is 1.91. The van der Waals surface area contributed by atoms with Gasteiger partial charge in [0, 0.05) is 16.2 Å². The first-order valence-corrected chi connectivity index (χ1v) is 9.75. The van der Waals surface area contributed by atoms with E-state index in [1.807, 2.05) is 25.2 Å². The Morgan fingerprint density at radius 2 is 1.92 bits per heavy atom. The van der Waals surface area contributed by atoms with E-state index >= 15 is 0 Å². The molecule has 1 aromatic rings. The molecule has 0 amide bonds. The highest BCUT2D eigenvalue weighted by Crippen LogP contribution is 2.48. The maximum absolute atomic E-state index is 10.8. The Bertz CT molecular complexity index is 661. The quantitative estimate of drug-likeness (QED) is 0.788. The third kappa shape index (κ3) is 3.60. The number of allylic oxidation sites excluding steroid dienone is 2. The molecule has 0 radical (unpaired) electrons. The second kappa shape index (κ2) is 6.64. The molecular formula is C20H28O3S. The van der Waals surface area contributed by atoms with E-state index in [2.05, 4.69) is 19.9 Å². The Labute approximate surface area is 148 Å². The maximum Gasteiger partial charge on any atom is 0.329 e. The van der Waals surface area contributed by atoms with E-state index in [1.165, 1.54) is 46.6 Å². The van der Waals surface area contributed by atoms with Crippen LogP contribution in [-0.4, -0.2) is 23.3 Å². The van der Waals surface area contributed by atoms with Gasteiger partial charge in [-0.2, -0.15) is 0 Å². The molecule has 3 aliphatic rings. The minimum atomic E-state index is -0.909. The van der Waals surface area contributed by atoms with Crippen molar-refractivity contribution in [2.24, 2.45) is 11.8 Å². The predicted molar refractivity (Wildman–Crippen MR) is 98.6 cm³/mol. The summed E-state index contributed by atoms with van der Waals surface area (Å²) in [6, 6.07) is 0. The molecule has 4 rings (SSSR count). The van der Waals surface area contributed by atoms with Crippen LogP contribution >= 0.6 is 11.3 Å². The zero-order valence-corrected chi connectivity index (χ0v) is 16.0. The average molecular weight is 349 g/mol. The van der Waals surface area contributed by atoms with Crippen molar-refractivity contribution in [3.63, 3.8) is 0 Å². The highest BCUT2D eigenvalue weighted by atomic mass is 32.1. The molecule has 0 saturated heterocycles. The summed E-state index contributed by atoms with van der Waals surface area (Å²) < 4.78 is 5.65. The van der Waals surface area contributed by atoms with Crippen molar-refractivity contribution in [1.29, 1.82) is 0 Å². The van der Waals surface area contributed by atoms with Gasteiger partial charge >= 0.3 is 5.97 Å². The summed E-state index contributed by atoms with van der Waals surface area (Å²) in [4.78, 5) is 13.6. The maximum atomic E-state index is 10.8. The van der Waals surface area contributed by atoms with Gasteiger partial charge in [0.1, 0.15) is 6.61 Å². The molecular weight excluding hydrogens is 320 g/mol. The van der Waals surface area contributed by atoms with E-state index in [0.717, 1.165) is 12.3 Å². The molecule has 1 aromatic heterocycles. The van der Waals surface area contributed by atoms with Gasteiger partial charge in [0.15, 0.2) is 0 Å². The van der Waals surface area contributed by atoms with Crippen molar-refractivity contribution >= 4 is 22.9 Å². The zero-order valence-electron chi connectivity index (χ0n) is 15.1. The molecule has 0 atom stereocenters. The largest absolute Gasteiger partial charge is 0.480 e. The minimum Gasteiger partial charge on any atom is -0.480 e. The monoisotopic (exact) mass is 348 g/mol. The smallest absolute Gasteiger partial charge is 0.329 e. The van der Waals surface area contributed by atoms with Gasteiger partial charge in [0.2, 0.25) is 0 Å². The number of thiophene rings is 1. The fourth-order valence-electron chi connectivity index (χ4n) is 4.33. The van der Waals surface area contributed by atoms with E-state index in [1.54, 1.807) is 5.57 Å². The lowest BCUT2D eigenvalue weighted by Crippen LogP contribution is -2.31. The van der Waals surface area contributed by atoms with Crippen LogP contribution in [0.15, 0.2) is 6.08 Å². The molecule has 1 N–H and O–H groups in total. The Morgan fingerprint density at radius 3 is 2.46 bits per heavy atom. The van der Waals surface area contributed by atoms with Crippen LogP contribution < -0.4 is 0 Å². The van der Waals surface area contributed by atoms with Gasteiger partial charge in [0.25, 0.3) is 0 Å². The number of hydrogen-bond acceptors (Lipinski definition) is 3. The summed E-state index contributed by atoms with van der Waals surface area (Å²) in [5.74, 6) is 0.562. The number of rotatable bonds is 6. The van der Waals surface area contributed by atoms with Crippen molar-refractivity contribution in [3.8, 4) is 0 Å². The molecule has 3 aliphatic carbocycles. The Kier molecular flexibility index (Phi) is 4.89. The predicted octanol–water partition coefficient (Wildman–Crippen LogP) is 4.99. The summed E-state index contributed by atoms with van der Waals surface area (Å²) in [5.41, 5.74) is 3.90. The van der Waals surface area contributed by atoms with Crippen molar-refractivity contribution in [3.05, 3.63) is 27.0 Å². The number of carbonyl (C=O) groups is 1. The number of hydrogen-bond donors (Lipinski definition) is 1. The Hall–Kier alpha value is -1.13. The van der Waals surface area contributed by atoms with Crippen molar-refractivity contribution < 1.29 is 14.6 Å². The van der Waals surface area contributed by atoms with Gasteiger partial charge < -0.3 is 9.84 Å². The van der Waals surface area contributed by atoms with E-state index in [9.17, 15) is 4.79 Å². The van der Waals surface area contributed by atoms with Crippen LogP contribution in [-0.2, 0) is 16.0 Å². The number of aryl methyl sites for hydroxylation is 2. The van der Waals surface area contributed by atoms with Crippen molar-refractivity contribution in [2.45, 2.75) is 65.4 Å². The van der Waals surface area contributed by atoms with Crippen LogP contribution in [0.4, 0.5) is 0 Å². The lowest BCUT2D eigenvalue weighted by molar-refractivity contribution is -0.148. The van der Waals surface area contributed by atoms with Crippen molar-refractivity contribution in [2.75, 3.05) is 6.61 Å².